The van der Waals surface area contributed by atoms with Gasteiger partial charge in [0.15, 0.2) is 0 Å². The highest BCUT2D eigenvalue weighted by Gasteiger charge is 2.16. The van der Waals surface area contributed by atoms with Crippen molar-refractivity contribution < 1.29 is 9.53 Å². The summed E-state index contributed by atoms with van der Waals surface area (Å²) >= 11 is 0. The molecule has 0 aliphatic carbocycles. The molecular weight excluding hydrogens is 226 g/mol. The number of rotatable bonds is 1. The maximum atomic E-state index is 11.7. The molecule has 0 saturated carbocycles. The van der Waals surface area contributed by atoms with Gasteiger partial charge >= 0.3 is 6.09 Å². The Morgan fingerprint density at radius 2 is 1.89 bits per heavy atom. The number of nitrogens with zero attached hydrogens (tertiary/aromatic N) is 1. The van der Waals surface area contributed by atoms with Crippen LogP contribution >= 0.6 is 0 Å². The number of hydrogen-bond acceptors (Lipinski definition) is 2. The summed E-state index contributed by atoms with van der Waals surface area (Å²) in [5.74, 6) is 0. The predicted octanol–water partition coefficient (Wildman–Crippen LogP) is 3.69. The quantitative estimate of drug-likeness (QED) is 0.764. The molecule has 2 aromatic rings. The van der Waals surface area contributed by atoms with Crippen molar-refractivity contribution in [2.24, 2.45) is 0 Å². The fourth-order valence-electron chi connectivity index (χ4n) is 2.24. The van der Waals surface area contributed by atoms with Gasteiger partial charge in [-0.1, -0.05) is 29.8 Å². The van der Waals surface area contributed by atoms with Gasteiger partial charge in [-0.05, 0) is 32.4 Å². The predicted molar refractivity (Wildman–Crippen MR) is 71.9 cm³/mol. The van der Waals surface area contributed by atoms with Gasteiger partial charge < -0.3 is 4.74 Å². The van der Waals surface area contributed by atoms with Gasteiger partial charge in [0.25, 0.3) is 0 Å². The van der Waals surface area contributed by atoms with Gasteiger partial charge in [-0.3, -0.25) is 4.57 Å². The number of hydrogen-bond donors (Lipinski definition) is 0. The van der Waals surface area contributed by atoms with E-state index in [9.17, 15) is 4.79 Å². The standard InChI is InChI=1S/C15H17NO2/c1-10-6-5-7-13(8-10)14-9-11(2)16(12(14)3)15(17)18-4/h5-9H,1-4H3. The van der Waals surface area contributed by atoms with Crippen molar-refractivity contribution in [3.05, 3.63) is 47.3 Å². The first kappa shape index (κ1) is 12.4. The van der Waals surface area contributed by atoms with Crippen LogP contribution < -0.4 is 0 Å². The third kappa shape index (κ3) is 2.04. The molecule has 0 saturated heterocycles. The first-order chi connectivity index (χ1) is 8.54. The van der Waals surface area contributed by atoms with Crippen LogP contribution in [-0.4, -0.2) is 17.8 Å². The van der Waals surface area contributed by atoms with E-state index in [4.69, 9.17) is 4.74 Å². The summed E-state index contributed by atoms with van der Waals surface area (Å²) in [7, 11) is 1.40. The summed E-state index contributed by atoms with van der Waals surface area (Å²) in [4.78, 5) is 11.7. The summed E-state index contributed by atoms with van der Waals surface area (Å²) in [5.41, 5.74) is 5.19. The molecule has 0 fully saturated rings. The van der Waals surface area contributed by atoms with Crippen molar-refractivity contribution in [1.29, 1.82) is 0 Å². The Kier molecular flexibility index (Phi) is 3.24. The normalized spacial score (nSPS) is 10.4. The van der Waals surface area contributed by atoms with Crippen LogP contribution in [0.2, 0.25) is 0 Å². The zero-order valence-corrected chi connectivity index (χ0v) is 11.2. The van der Waals surface area contributed by atoms with E-state index in [0.717, 1.165) is 22.5 Å². The highest BCUT2D eigenvalue weighted by Crippen LogP contribution is 2.27. The maximum Gasteiger partial charge on any atom is 0.418 e. The third-order valence-electron chi connectivity index (χ3n) is 3.12. The number of aromatic nitrogens is 1. The molecule has 3 nitrogen and oxygen atoms in total. The Labute approximate surface area is 107 Å². The van der Waals surface area contributed by atoms with E-state index in [1.807, 2.05) is 26.0 Å². The minimum atomic E-state index is -0.344. The van der Waals surface area contributed by atoms with E-state index in [1.54, 1.807) is 4.57 Å². The number of carbonyl (C=O) groups is 1. The number of methoxy groups -OCH3 is 1. The Morgan fingerprint density at radius 1 is 1.17 bits per heavy atom. The summed E-state index contributed by atoms with van der Waals surface area (Å²) in [5, 5.41) is 0. The molecule has 0 bridgehead atoms. The molecule has 0 unspecified atom stereocenters. The van der Waals surface area contributed by atoms with E-state index in [-0.39, 0.29) is 6.09 Å². The van der Waals surface area contributed by atoms with Crippen molar-refractivity contribution in [1.82, 2.24) is 4.57 Å². The molecular formula is C15H17NO2. The molecule has 18 heavy (non-hydrogen) atoms. The summed E-state index contributed by atoms with van der Waals surface area (Å²) in [6, 6.07) is 10.3. The smallest absolute Gasteiger partial charge is 0.418 e. The topological polar surface area (TPSA) is 31.2 Å². The largest absolute Gasteiger partial charge is 0.452 e. The van der Waals surface area contributed by atoms with Gasteiger partial charge in [-0.25, -0.2) is 4.79 Å². The molecule has 0 aliphatic heterocycles. The number of ether oxygens (including phenoxy) is 1. The second-order valence-electron chi connectivity index (χ2n) is 4.46. The number of carbonyl (C=O) groups excluding carboxylic acids is 1. The van der Waals surface area contributed by atoms with Gasteiger partial charge in [0.1, 0.15) is 0 Å². The van der Waals surface area contributed by atoms with Crippen molar-refractivity contribution in [3.8, 4) is 11.1 Å². The number of aryl methyl sites for hydroxylation is 2. The van der Waals surface area contributed by atoms with Crippen molar-refractivity contribution in [2.45, 2.75) is 20.8 Å². The molecule has 3 heteroatoms. The van der Waals surface area contributed by atoms with E-state index in [1.165, 1.54) is 12.7 Å². The molecule has 1 heterocycles. The summed E-state index contributed by atoms with van der Waals surface area (Å²) in [6.45, 7) is 5.90. The van der Waals surface area contributed by atoms with Gasteiger partial charge in [-0.15, -0.1) is 0 Å². The minimum absolute atomic E-state index is 0.344. The lowest BCUT2D eigenvalue weighted by Gasteiger charge is -2.06. The second-order valence-corrected chi connectivity index (χ2v) is 4.46. The molecule has 0 N–H and O–H groups in total. The average molecular weight is 243 g/mol. The third-order valence-corrected chi connectivity index (χ3v) is 3.12. The first-order valence-corrected chi connectivity index (χ1v) is 5.89. The van der Waals surface area contributed by atoms with Gasteiger partial charge in [0.05, 0.1) is 7.11 Å². The van der Waals surface area contributed by atoms with Crippen LogP contribution in [0.4, 0.5) is 4.79 Å². The molecule has 0 aliphatic rings. The van der Waals surface area contributed by atoms with E-state index < -0.39 is 0 Å². The minimum Gasteiger partial charge on any atom is -0.452 e. The van der Waals surface area contributed by atoms with Crippen molar-refractivity contribution >= 4 is 6.09 Å². The molecule has 0 spiro atoms. The molecule has 94 valence electrons. The van der Waals surface area contributed by atoms with Crippen molar-refractivity contribution in [2.75, 3.05) is 7.11 Å². The Bertz CT molecular complexity index is 597. The van der Waals surface area contributed by atoms with Crippen molar-refractivity contribution in [3.63, 3.8) is 0 Å². The van der Waals surface area contributed by atoms with Crippen LogP contribution in [0.5, 0.6) is 0 Å². The van der Waals surface area contributed by atoms with Crippen LogP contribution in [0.3, 0.4) is 0 Å². The van der Waals surface area contributed by atoms with Crippen LogP contribution in [0.25, 0.3) is 11.1 Å². The lowest BCUT2D eigenvalue weighted by molar-refractivity contribution is 0.172. The lowest BCUT2D eigenvalue weighted by atomic mass is 10.0. The molecule has 0 atom stereocenters. The summed E-state index contributed by atoms with van der Waals surface area (Å²) < 4.78 is 6.39. The zero-order valence-electron chi connectivity index (χ0n) is 11.2. The fraction of sp³-hybridized carbons (Fsp3) is 0.267. The Morgan fingerprint density at radius 3 is 2.50 bits per heavy atom. The molecule has 1 aromatic heterocycles. The summed E-state index contributed by atoms with van der Waals surface area (Å²) in [6.07, 6.45) is -0.344. The molecule has 0 radical (unpaired) electrons. The zero-order chi connectivity index (χ0) is 13.3. The molecule has 1 aromatic carbocycles. The van der Waals surface area contributed by atoms with Crippen LogP contribution in [-0.2, 0) is 4.74 Å². The van der Waals surface area contributed by atoms with Gasteiger partial charge in [-0.2, -0.15) is 0 Å². The van der Waals surface area contributed by atoms with Crippen LogP contribution in [0.15, 0.2) is 30.3 Å². The highest BCUT2D eigenvalue weighted by atomic mass is 16.5. The lowest BCUT2D eigenvalue weighted by Crippen LogP contribution is -2.14. The Hall–Kier alpha value is -2.03. The molecule has 0 amide bonds. The monoisotopic (exact) mass is 243 g/mol. The molecule has 2 rings (SSSR count). The SMILES string of the molecule is COC(=O)n1c(C)cc(-c2cccc(C)c2)c1C. The maximum absolute atomic E-state index is 11.7. The fourth-order valence-corrected chi connectivity index (χ4v) is 2.24. The highest BCUT2D eigenvalue weighted by molar-refractivity contribution is 5.78. The average Bonchev–Trinajstić information content (AvgIpc) is 2.64. The van der Waals surface area contributed by atoms with Gasteiger partial charge in [0, 0.05) is 17.0 Å². The van der Waals surface area contributed by atoms with Gasteiger partial charge in [0.2, 0.25) is 0 Å². The van der Waals surface area contributed by atoms with Crippen LogP contribution in [0, 0.1) is 20.8 Å². The van der Waals surface area contributed by atoms with Crippen LogP contribution in [0.1, 0.15) is 17.0 Å². The van der Waals surface area contributed by atoms with E-state index >= 15 is 0 Å². The van der Waals surface area contributed by atoms with E-state index in [0.29, 0.717) is 0 Å². The first-order valence-electron chi connectivity index (χ1n) is 5.89. The second kappa shape index (κ2) is 4.69. The number of benzene rings is 1. The Balaban J connectivity index is 2.57. The van der Waals surface area contributed by atoms with E-state index in [2.05, 4.69) is 25.1 Å².